The van der Waals surface area contributed by atoms with Gasteiger partial charge in [0.25, 0.3) is 5.91 Å². The fourth-order valence-electron chi connectivity index (χ4n) is 3.52. The summed E-state index contributed by atoms with van der Waals surface area (Å²) in [5, 5.41) is 0. The Balaban J connectivity index is 1.63. The zero-order valence-electron chi connectivity index (χ0n) is 13.1. The molecule has 0 aromatic carbocycles. The molecule has 0 saturated carbocycles. The smallest absolute Gasteiger partial charge is 0.254 e. The molecule has 2 fully saturated rings. The summed E-state index contributed by atoms with van der Waals surface area (Å²) < 4.78 is 0. The second-order valence-electron chi connectivity index (χ2n) is 6.10. The van der Waals surface area contributed by atoms with E-state index < -0.39 is 0 Å². The summed E-state index contributed by atoms with van der Waals surface area (Å²) in [5.41, 5.74) is 1.78. The third kappa shape index (κ3) is 2.85. The molecule has 5 heteroatoms. The molecule has 0 radical (unpaired) electrons. The number of likely N-dealkylation sites (tertiary alicyclic amines) is 2. The van der Waals surface area contributed by atoms with Gasteiger partial charge in [0.1, 0.15) is 0 Å². The zero-order valence-corrected chi connectivity index (χ0v) is 13.1. The fourth-order valence-corrected chi connectivity index (χ4v) is 3.52. The number of pyridine rings is 1. The van der Waals surface area contributed by atoms with Gasteiger partial charge in [0.15, 0.2) is 0 Å². The third-order valence-corrected chi connectivity index (χ3v) is 4.82. The molecule has 2 aliphatic heterocycles. The Kier molecular flexibility index (Phi) is 4.41. The summed E-state index contributed by atoms with van der Waals surface area (Å²) in [7, 11) is 0. The molecule has 0 bridgehead atoms. The van der Waals surface area contributed by atoms with Crippen molar-refractivity contribution in [2.75, 3.05) is 19.6 Å². The highest BCUT2D eigenvalue weighted by atomic mass is 16.2. The van der Waals surface area contributed by atoms with Crippen molar-refractivity contribution in [3.05, 3.63) is 29.6 Å². The first-order valence-electron chi connectivity index (χ1n) is 8.22. The van der Waals surface area contributed by atoms with Gasteiger partial charge in [-0.2, -0.15) is 0 Å². The van der Waals surface area contributed by atoms with Gasteiger partial charge < -0.3 is 9.80 Å². The highest BCUT2D eigenvalue weighted by molar-refractivity contribution is 5.95. The van der Waals surface area contributed by atoms with Gasteiger partial charge in [0.05, 0.1) is 0 Å². The fraction of sp³-hybridized carbons (Fsp3) is 0.588. The van der Waals surface area contributed by atoms with Gasteiger partial charge in [-0.1, -0.05) is 6.92 Å². The average Bonchev–Trinajstić information content (AvgIpc) is 3.00. The van der Waals surface area contributed by atoms with Crippen LogP contribution in [0.4, 0.5) is 0 Å². The second-order valence-corrected chi connectivity index (χ2v) is 6.10. The van der Waals surface area contributed by atoms with E-state index in [-0.39, 0.29) is 11.8 Å². The van der Waals surface area contributed by atoms with Crippen molar-refractivity contribution in [3.8, 4) is 0 Å². The van der Waals surface area contributed by atoms with Crippen molar-refractivity contribution < 1.29 is 9.59 Å². The SMILES string of the molecule is CCc1cnccc1C(=O)N1CCC(N2CCCC2=O)CC1. The molecule has 2 amide bonds. The minimum absolute atomic E-state index is 0.102. The van der Waals surface area contributed by atoms with Gasteiger partial charge >= 0.3 is 0 Å². The molecular formula is C17H23N3O2. The van der Waals surface area contributed by atoms with Gasteiger partial charge in [-0.25, -0.2) is 0 Å². The van der Waals surface area contributed by atoms with Crippen molar-refractivity contribution in [3.63, 3.8) is 0 Å². The van der Waals surface area contributed by atoms with Crippen molar-refractivity contribution in [1.82, 2.24) is 14.8 Å². The Morgan fingerprint density at radius 3 is 2.73 bits per heavy atom. The van der Waals surface area contributed by atoms with E-state index >= 15 is 0 Å². The molecule has 2 aliphatic rings. The van der Waals surface area contributed by atoms with Crippen LogP contribution in [0.5, 0.6) is 0 Å². The number of nitrogens with zero attached hydrogens (tertiary/aromatic N) is 3. The topological polar surface area (TPSA) is 53.5 Å². The lowest BCUT2D eigenvalue weighted by atomic mass is 10.0. The van der Waals surface area contributed by atoms with E-state index in [0.717, 1.165) is 56.4 Å². The predicted molar refractivity (Wildman–Crippen MR) is 83.5 cm³/mol. The molecule has 3 heterocycles. The first kappa shape index (κ1) is 15.0. The molecule has 0 N–H and O–H groups in total. The van der Waals surface area contributed by atoms with E-state index in [0.29, 0.717) is 12.5 Å². The molecule has 0 atom stereocenters. The molecule has 1 aromatic heterocycles. The van der Waals surface area contributed by atoms with E-state index in [2.05, 4.69) is 4.98 Å². The van der Waals surface area contributed by atoms with Crippen LogP contribution in [0.25, 0.3) is 0 Å². The maximum atomic E-state index is 12.7. The number of piperidine rings is 1. The van der Waals surface area contributed by atoms with Crippen molar-refractivity contribution in [2.45, 2.75) is 45.1 Å². The Bertz CT molecular complexity index is 565. The lowest BCUT2D eigenvalue weighted by Crippen LogP contribution is -2.47. The molecule has 22 heavy (non-hydrogen) atoms. The van der Waals surface area contributed by atoms with Crippen LogP contribution >= 0.6 is 0 Å². The third-order valence-electron chi connectivity index (χ3n) is 4.82. The van der Waals surface area contributed by atoms with Crippen LogP contribution in [0.2, 0.25) is 0 Å². The number of amides is 2. The van der Waals surface area contributed by atoms with E-state index in [4.69, 9.17) is 0 Å². The Hall–Kier alpha value is -1.91. The van der Waals surface area contributed by atoms with Gasteiger partial charge in [0, 0.05) is 50.1 Å². The molecule has 1 aromatic rings. The maximum Gasteiger partial charge on any atom is 0.254 e. The lowest BCUT2D eigenvalue weighted by molar-refractivity contribution is -0.130. The number of hydrogen-bond donors (Lipinski definition) is 0. The van der Waals surface area contributed by atoms with Gasteiger partial charge in [-0.15, -0.1) is 0 Å². The molecule has 0 aliphatic carbocycles. The number of carbonyl (C=O) groups excluding carboxylic acids is 2. The Labute approximate surface area is 131 Å². The van der Waals surface area contributed by atoms with Crippen LogP contribution in [0.3, 0.4) is 0 Å². The quantitative estimate of drug-likeness (QED) is 0.856. The van der Waals surface area contributed by atoms with Crippen LogP contribution < -0.4 is 0 Å². The molecular weight excluding hydrogens is 278 g/mol. The average molecular weight is 301 g/mol. The van der Waals surface area contributed by atoms with E-state index in [1.54, 1.807) is 12.4 Å². The van der Waals surface area contributed by atoms with Crippen LogP contribution in [0, 0.1) is 0 Å². The van der Waals surface area contributed by atoms with Gasteiger partial charge in [-0.3, -0.25) is 14.6 Å². The summed E-state index contributed by atoms with van der Waals surface area (Å²) in [4.78, 5) is 32.6. The van der Waals surface area contributed by atoms with Gasteiger partial charge in [-0.05, 0) is 37.3 Å². The Morgan fingerprint density at radius 1 is 1.32 bits per heavy atom. The number of carbonyl (C=O) groups is 2. The van der Waals surface area contributed by atoms with E-state index in [1.807, 2.05) is 22.8 Å². The first-order chi connectivity index (χ1) is 10.7. The molecule has 118 valence electrons. The molecule has 0 spiro atoms. The molecule has 0 unspecified atom stereocenters. The number of aryl methyl sites for hydroxylation is 1. The van der Waals surface area contributed by atoms with Crippen molar-refractivity contribution in [1.29, 1.82) is 0 Å². The molecule has 5 nitrogen and oxygen atoms in total. The molecule has 2 saturated heterocycles. The summed E-state index contributed by atoms with van der Waals surface area (Å²) in [6.45, 7) is 4.40. The number of rotatable bonds is 3. The largest absolute Gasteiger partial charge is 0.340 e. The summed E-state index contributed by atoms with van der Waals surface area (Å²) >= 11 is 0. The summed E-state index contributed by atoms with van der Waals surface area (Å²) in [5.74, 6) is 0.387. The number of hydrogen-bond acceptors (Lipinski definition) is 3. The van der Waals surface area contributed by atoms with E-state index in [9.17, 15) is 9.59 Å². The lowest BCUT2D eigenvalue weighted by Gasteiger charge is -2.37. The van der Waals surface area contributed by atoms with Crippen LogP contribution in [0.1, 0.15) is 48.5 Å². The zero-order chi connectivity index (χ0) is 15.5. The molecule has 3 rings (SSSR count). The minimum Gasteiger partial charge on any atom is -0.340 e. The minimum atomic E-state index is 0.102. The van der Waals surface area contributed by atoms with Crippen LogP contribution in [0.15, 0.2) is 18.5 Å². The first-order valence-corrected chi connectivity index (χ1v) is 8.22. The van der Waals surface area contributed by atoms with Crippen molar-refractivity contribution >= 4 is 11.8 Å². The number of aromatic nitrogens is 1. The Morgan fingerprint density at radius 2 is 2.09 bits per heavy atom. The highest BCUT2D eigenvalue weighted by Crippen LogP contribution is 2.23. The van der Waals surface area contributed by atoms with Crippen molar-refractivity contribution in [2.24, 2.45) is 0 Å². The monoisotopic (exact) mass is 301 g/mol. The maximum absolute atomic E-state index is 12.7. The highest BCUT2D eigenvalue weighted by Gasteiger charge is 2.32. The van der Waals surface area contributed by atoms with Crippen LogP contribution in [-0.4, -0.2) is 52.3 Å². The summed E-state index contributed by atoms with van der Waals surface area (Å²) in [6, 6.07) is 2.14. The van der Waals surface area contributed by atoms with Crippen LogP contribution in [-0.2, 0) is 11.2 Å². The normalized spacial score (nSPS) is 19.8. The predicted octanol–water partition coefficient (Wildman–Crippen LogP) is 1.87. The second kappa shape index (κ2) is 6.46. The van der Waals surface area contributed by atoms with E-state index in [1.165, 1.54) is 0 Å². The standard InChI is InChI=1S/C17H23N3O2/c1-2-13-12-18-8-5-15(13)17(22)19-10-6-14(7-11-19)20-9-3-4-16(20)21/h5,8,12,14H,2-4,6-7,9-11H2,1H3. The van der Waals surface area contributed by atoms with Gasteiger partial charge in [0.2, 0.25) is 5.91 Å². The summed E-state index contributed by atoms with van der Waals surface area (Å²) in [6.07, 6.45) is 7.73.